The fourth-order valence-electron chi connectivity index (χ4n) is 11.3. The molecule has 2 saturated heterocycles. The van der Waals surface area contributed by atoms with E-state index in [1.807, 2.05) is 48.4 Å². The Balaban J connectivity index is 0.819. The normalized spacial score (nSPS) is 21.5. The van der Waals surface area contributed by atoms with Crippen molar-refractivity contribution in [3.8, 4) is 22.4 Å². The molecule has 1 aromatic heterocycles. The summed E-state index contributed by atoms with van der Waals surface area (Å²) in [6.07, 6.45) is 10.2. The SMILES string of the molecule is CCC(=O)N[C@H](C(=O)C1CCC[C@H]1C1=NC2=C(C1)c1ccc(-c3ccc4cc(-c5cnc([C@@H]6CCCN6C(=O)[C@H](NC(=O)OC)c6ccccc6)[nH]5)ccc4c3)cc1CC2)C1CCOCC1. The summed E-state index contributed by atoms with van der Waals surface area (Å²) in [7, 11) is 1.29. The van der Waals surface area contributed by atoms with Crippen molar-refractivity contribution >= 4 is 45.7 Å². The number of benzene rings is 4. The molecular formula is C54H58N6O6. The van der Waals surface area contributed by atoms with Crippen molar-refractivity contribution in [1.29, 1.82) is 0 Å². The first-order chi connectivity index (χ1) is 32.3. The number of likely N-dealkylation sites (tertiary alicyclic amines) is 1. The fraction of sp³-hybridized carbons (Fsp3) is 0.407. The average Bonchev–Trinajstić information content (AvgIpc) is 4.21. The standard InChI is InChI=1S/C54H58N6O6/c1-3-48(61)58-49(33-22-25-66-26-23-33)51(62)42-12-7-11-41(42)45-30-43-40-20-18-37(28-38(40)19-21-44(43)56-45)34-14-15-36-29-39(17-16-35(36)27-34)46-31-55-52(57-46)47-13-8-24-60(47)53(63)50(59-54(64)65-2)32-9-5-4-6-10-32/h4-6,9-10,14-18,20,27-29,31,33,41-42,47,49-50H,3,7-8,11-13,19,21-26,30H2,1-2H3,(H,55,57)(H,58,61)(H,59,64)/t41-,42?,47+,49+,50-/m1/s1. The Hall–Kier alpha value is -6.40. The molecule has 1 saturated carbocycles. The van der Waals surface area contributed by atoms with Crippen LogP contribution in [0.4, 0.5) is 4.79 Å². The number of hydrogen-bond donors (Lipinski definition) is 3. The van der Waals surface area contributed by atoms with Crippen LogP contribution in [0.3, 0.4) is 0 Å². The number of ketones is 1. The lowest BCUT2D eigenvalue weighted by Gasteiger charge is -2.33. The summed E-state index contributed by atoms with van der Waals surface area (Å²) in [6, 6.07) is 27.6. The lowest BCUT2D eigenvalue weighted by atomic mass is 9.78. The Morgan fingerprint density at radius 1 is 0.848 bits per heavy atom. The minimum Gasteiger partial charge on any atom is -0.453 e. The Labute approximate surface area is 385 Å². The lowest BCUT2D eigenvalue weighted by molar-refractivity contribution is -0.134. The van der Waals surface area contributed by atoms with Gasteiger partial charge in [0, 0.05) is 61.4 Å². The number of hydrogen-bond acceptors (Lipinski definition) is 8. The molecule has 4 heterocycles. The van der Waals surface area contributed by atoms with Crippen LogP contribution in [0.2, 0.25) is 0 Å². The number of carbonyl (C=O) groups excluding carboxylic acids is 4. The van der Waals surface area contributed by atoms with Crippen molar-refractivity contribution in [1.82, 2.24) is 25.5 Å². The summed E-state index contributed by atoms with van der Waals surface area (Å²) in [5.74, 6) is 0.770. The van der Waals surface area contributed by atoms with Gasteiger partial charge < -0.3 is 30.0 Å². The van der Waals surface area contributed by atoms with E-state index in [9.17, 15) is 19.2 Å². The van der Waals surface area contributed by atoms with Crippen LogP contribution >= 0.6 is 0 Å². The molecule has 3 N–H and O–H groups in total. The van der Waals surface area contributed by atoms with Crippen molar-refractivity contribution in [2.75, 3.05) is 26.9 Å². The zero-order chi connectivity index (χ0) is 45.3. The smallest absolute Gasteiger partial charge is 0.407 e. The van der Waals surface area contributed by atoms with E-state index < -0.39 is 18.2 Å². The number of ether oxygens (including phenoxy) is 2. The number of imidazole rings is 1. The molecule has 5 aliphatic rings. The van der Waals surface area contributed by atoms with Gasteiger partial charge in [0.2, 0.25) is 5.91 Å². The number of amides is 3. The highest BCUT2D eigenvalue weighted by molar-refractivity contribution is 6.05. The highest BCUT2D eigenvalue weighted by Gasteiger charge is 2.44. The van der Waals surface area contributed by atoms with Gasteiger partial charge in [0.25, 0.3) is 5.91 Å². The summed E-state index contributed by atoms with van der Waals surface area (Å²) in [6.45, 7) is 3.68. The molecule has 12 heteroatoms. The van der Waals surface area contributed by atoms with Crippen molar-refractivity contribution in [2.24, 2.45) is 22.7 Å². The van der Waals surface area contributed by atoms with Crippen molar-refractivity contribution in [3.05, 3.63) is 119 Å². The molecule has 66 heavy (non-hydrogen) atoms. The number of H-pyrrole nitrogens is 1. The predicted octanol–water partition coefficient (Wildman–Crippen LogP) is 9.47. The number of aliphatic imine (C=N–C) groups is 1. The number of carbonyl (C=O) groups is 4. The molecule has 0 spiro atoms. The molecule has 5 aromatic rings. The van der Waals surface area contributed by atoms with Crippen molar-refractivity contribution in [2.45, 2.75) is 95.7 Å². The number of aromatic amines is 1. The summed E-state index contributed by atoms with van der Waals surface area (Å²) in [5, 5.41) is 8.12. The molecule has 0 bridgehead atoms. The Morgan fingerprint density at radius 2 is 1.61 bits per heavy atom. The number of aromatic nitrogens is 2. The fourth-order valence-corrected chi connectivity index (χ4v) is 11.3. The van der Waals surface area contributed by atoms with Crippen LogP contribution in [0.15, 0.2) is 102 Å². The van der Waals surface area contributed by atoms with Gasteiger partial charge in [-0.3, -0.25) is 19.4 Å². The molecule has 12 nitrogen and oxygen atoms in total. The van der Waals surface area contributed by atoms with Crippen LogP contribution in [0.5, 0.6) is 0 Å². The van der Waals surface area contributed by atoms with Gasteiger partial charge in [-0.1, -0.05) is 86.1 Å². The monoisotopic (exact) mass is 886 g/mol. The zero-order valence-corrected chi connectivity index (χ0v) is 37.8. The third-order valence-corrected chi connectivity index (χ3v) is 14.8. The van der Waals surface area contributed by atoms with Crippen molar-refractivity contribution in [3.63, 3.8) is 0 Å². The van der Waals surface area contributed by atoms with Crippen LogP contribution in [0, 0.1) is 17.8 Å². The number of allylic oxidation sites excluding steroid dienone is 2. The third-order valence-electron chi connectivity index (χ3n) is 14.8. The largest absolute Gasteiger partial charge is 0.453 e. The molecule has 3 amide bonds. The molecule has 0 radical (unpaired) electrons. The van der Waals surface area contributed by atoms with Crippen LogP contribution in [-0.2, 0) is 30.3 Å². The summed E-state index contributed by atoms with van der Waals surface area (Å²) in [5.41, 5.74) is 11.2. The zero-order valence-electron chi connectivity index (χ0n) is 37.8. The number of fused-ring (bicyclic) bond motifs is 3. The number of nitrogens with one attached hydrogen (secondary N) is 3. The lowest BCUT2D eigenvalue weighted by Crippen LogP contribution is -2.50. The Kier molecular flexibility index (Phi) is 12.4. The van der Waals surface area contributed by atoms with Crippen molar-refractivity contribution < 1.29 is 28.7 Å². The summed E-state index contributed by atoms with van der Waals surface area (Å²) in [4.78, 5) is 68.6. The van der Waals surface area contributed by atoms with Gasteiger partial charge in [0.1, 0.15) is 11.9 Å². The molecule has 3 aliphatic heterocycles. The quantitative estimate of drug-likeness (QED) is 0.113. The van der Waals surface area contributed by atoms with Gasteiger partial charge in [-0.25, -0.2) is 9.78 Å². The first kappa shape index (κ1) is 43.5. The van der Waals surface area contributed by atoms with Gasteiger partial charge in [-0.15, -0.1) is 0 Å². The Bertz CT molecular complexity index is 2740. The van der Waals surface area contributed by atoms with E-state index in [1.165, 1.54) is 35.1 Å². The molecule has 4 aromatic carbocycles. The summed E-state index contributed by atoms with van der Waals surface area (Å²) < 4.78 is 10.5. The second-order valence-corrected chi connectivity index (χ2v) is 18.6. The van der Waals surface area contributed by atoms with Crippen LogP contribution in [0.25, 0.3) is 38.7 Å². The van der Waals surface area contributed by atoms with Gasteiger partial charge >= 0.3 is 6.09 Å². The first-order valence-corrected chi connectivity index (χ1v) is 23.9. The van der Waals surface area contributed by atoms with E-state index >= 15 is 0 Å². The highest BCUT2D eigenvalue weighted by Crippen LogP contribution is 2.45. The third kappa shape index (κ3) is 8.59. The van der Waals surface area contributed by atoms with E-state index in [0.29, 0.717) is 31.7 Å². The molecule has 2 aliphatic carbocycles. The van der Waals surface area contributed by atoms with Gasteiger partial charge in [0.15, 0.2) is 5.78 Å². The van der Waals surface area contributed by atoms with E-state index in [0.717, 1.165) is 103 Å². The number of nitrogens with zero attached hydrogens (tertiary/aromatic N) is 3. The maximum absolute atomic E-state index is 14.3. The topological polar surface area (TPSA) is 155 Å². The molecule has 1 unspecified atom stereocenters. The number of Topliss-reactive ketones (excluding diaryl/α,β-unsaturated/α-hetero) is 1. The maximum Gasteiger partial charge on any atom is 0.407 e. The molecule has 10 rings (SSSR count). The number of methoxy groups -OCH3 is 1. The van der Waals surface area contributed by atoms with E-state index in [-0.39, 0.29) is 41.4 Å². The maximum atomic E-state index is 14.3. The number of aryl methyl sites for hydroxylation is 1. The predicted molar refractivity (Wildman–Crippen MR) is 254 cm³/mol. The van der Waals surface area contributed by atoms with E-state index in [4.69, 9.17) is 19.5 Å². The Morgan fingerprint density at radius 3 is 2.39 bits per heavy atom. The molecular weight excluding hydrogens is 829 g/mol. The average molecular weight is 887 g/mol. The minimum atomic E-state index is -0.875. The highest BCUT2D eigenvalue weighted by atomic mass is 16.5. The molecule has 3 fully saturated rings. The van der Waals surface area contributed by atoms with Crippen LogP contribution in [0.1, 0.15) is 106 Å². The van der Waals surface area contributed by atoms with E-state index in [2.05, 4.69) is 70.2 Å². The minimum absolute atomic E-state index is 0.0606. The summed E-state index contributed by atoms with van der Waals surface area (Å²) >= 11 is 0. The number of alkyl carbamates (subject to hydrolysis) is 1. The second-order valence-electron chi connectivity index (χ2n) is 18.6. The van der Waals surface area contributed by atoms with Crippen LogP contribution < -0.4 is 10.6 Å². The van der Waals surface area contributed by atoms with E-state index in [1.54, 1.807) is 0 Å². The molecule has 340 valence electrons. The van der Waals surface area contributed by atoms with Gasteiger partial charge in [-0.05, 0) is 114 Å². The van der Waals surface area contributed by atoms with Gasteiger partial charge in [0.05, 0.1) is 31.1 Å². The molecule has 5 atom stereocenters. The number of rotatable bonds is 12. The first-order valence-electron chi connectivity index (χ1n) is 23.9. The second kappa shape index (κ2) is 18.8. The van der Waals surface area contributed by atoms with Crippen LogP contribution in [-0.4, -0.2) is 77.2 Å². The van der Waals surface area contributed by atoms with Gasteiger partial charge in [-0.2, -0.15) is 0 Å².